The smallest absolute Gasteiger partial charge is 0.408 e. The highest BCUT2D eigenvalue weighted by Gasteiger charge is 2.33. The second-order valence-electron chi connectivity index (χ2n) is 13.9. The molecule has 0 saturated carbocycles. The minimum atomic E-state index is -1.05. The van der Waals surface area contributed by atoms with Crippen LogP contribution < -0.4 is 15.4 Å². The number of aliphatic hydroxyl groups excluding tert-OH is 1. The summed E-state index contributed by atoms with van der Waals surface area (Å²) in [5.41, 5.74) is 4.82. The van der Waals surface area contributed by atoms with Crippen molar-refractivity contribution in [1.82, 2.24) is 15.5 Å². The number of hydrogen-bond acceptors (Lipinski definition) is 8. The molecule has 4 aromatic rings. The molecule has 11 heteroatoms. The third-order valence-corrected chi connectivity index (χ3v) is 9.85. The molecule has 2 aliphatic heterocycles. The zero-order chi connectivity index (χ0) is 38.4. The molecule has 3 N–H and O–H groups in total. The van der Waals surface area contributed by atoms with E-state index in [4.69, 9.17) is 14.2 Å². The first-order chi connectivity index (χ1) is 26.8. The normalized spacial score (nSPS) is 20.1. The van der Waals surface area contributed by atoms with E-state index in [1.807, 2.05) is 109 Å². The fourth-order valence-corrected chi connectivity index (χ4v) is 6.77. The number of nitrogens with one attached hydrogen (secondary N) is 2. The van der Waals surface area contributed by atoms with E-state index in [2.05, 4.69) is 10.6 Å². The summed E-state index contributed by atoms with van der Waals surface area (Å²) >= 11 is 0. The standard InChI is InChI=1S/C44H47N3O8/c48-27-38-24-34-15-7-8-17-36(34)26-47(38)41(49)25-35-16-9-10-18-40(46-44(52)55-29-33-13-5-2-6-14-33)43(51)54-30-37(45-42(35)50)23-31-19-21-39(22-20-31)53-28-32-11-3-1-4-12-32/h1-15,17,19-22,35,37-38,40,48H,16,18,23-30H2,(H,45,50)(H,46,52). The summed E-state index contributed by atoms with van der Waals surface area (Å²) in [6.45, 7) is 0.434. The summed E-state index contributed by atoms with van der Waals surface area (Å²) in [7, 11) is 0. The average Bonchev–Trinajstić information content (AvgIpc) is 3.22. The van der Waals surface area contributed by atoms with E-state index < -0.39 is 36.1 Å². The van der Waals surface area contributed by atoms with Gasteiger partial charge in [0.2, 0.25) is 11.8 Å². The van der Waals surface area contributed by atoms with E-state index in [1.165, 1.54) is 0 Å². The lowest BCUT2D eigenvalue weighted by atomic mass is 9.92. The number of allylic oxidation sites excluding steroid dienone is 1. The third kappa shape index (κ3) is 11.3. The van der Waals surface area contributed by atoms with Gasteiger partial charge in [-0.05, 0) is 65.6 Å². The molecule has 4 aromatic carbocycles. The minimum absolute atomic E-state index is 0.0317. The van der Waals surface area contributed by atoms with Gasteiger partial charge in [-0.3, -0.25) is 9.59 Å². The Morgan fingerprint density at radius 3 is 2.16 bits per heavy atom. The highest BCUT2D eigenvalue weighted by molar-refractivity contribution is 5.86. The molecule has 4 unspecified atom stereocenters. The molecule has 0 aromatic heterocycles. The third-order valence-electron chi connectivity index (χ3n) is 9.85. The highest BCUT2D eigenvalue weighted by atomic mass is 16.6. The van der Waals surface area contributed by atoms with Gasteiger partial charge < -0.3 is 34.9 Å². The van der Waals surface area contributed by atoms with Crippen LogP contribution in [0.3, 0.4) is 0 Å². The number of fused-ring (bicyclic) bond motifs is 1. The minimum Gasteiger partial charge on any atom is -0.489 e. The van der Waals surface area contributed by atoms with Gasteiger partial charge in [-0.15, -0.1) is 0 Å². The maximum Gasteiger partial charge on any atom is 0.408 e. The molecule has 11 nitrogen and oxygen atoms in total. The number of aliphatic hydroxyl groups is 1. The molecule has 3 amide bonds. The zero-order valence-corrected chi connectivity index (χ0v) is 30.7. The number of amides is 3. The second-order valence-corrected chi connectivity index (χ2v) is 13.9. The summed E-state index contributed by atoms with van der Waals surface area (Å²) in [5, 5.41) is 15.9. The van der Waals surface area contributed by atoms with Gasteiger partial charge in [-0.2, -0.15) is 0 Å². The van der Waals surface area contributed by atoms with Gasteiger partial charge in [-0.1, -0.05) is 109 Å². The van der Waals surface area contributed by atoms with Gasteiger partial charge in [0.05, 0.1) is 24.6 Å². The number of esters is 1. The van der Waals surface area contributed by atoms with Gasteiger partial charge in [0.15, 0.2) is 0 Å². The van der Waals surface area contributed by atoms with Crippen molar-refractivity contribution in [1.29, 1.82) is 0 Å². The maximum absolute atomic E-state index is 14.0. The zero-order valence-electron chi connectivity index (χ0n) is 30.7. The molecular weight excluding hydrogens is 698 g/mol. The molecule has 0 aliphatic carbocycles. The first-order valence-electron chi connectivity index (χ1n) is 18.7. The van der Waals surface area contributed by atoms with Gasteiger partial charge in [0.1, 0.15) is 31.6 Å². The van der Waals surface area contributed by atoms with Crippen LogP contribution in [-0.4, -0.2) is 65.2 Å². The van der Waals surface area contributed by atoms with E-state index in [1.54, 1.807) is 17.1 Å². The molecule has 0 radical (unpaired) electrons. The van der Waals surface area contributed by atoms with Crippen LogP contribution in [0.2, 0.25) is 0 Å². The molecule has 4 atom stereocenters. The summed E-state index contributed by atoms with van der Waals surface area (Å²) < 4.78 is 17.0. The Bertz CT molecular complexity index is 1920. The molecular formula is C44H47N3O8. The molecule has 0 saturated heterocycles. The predicted molar refractivity (Wildman–Crippen MR) is 205 cm³/mol. The average molecular weight is 746 g/mol. The van der Waals surface area contributed by atoms with E-state index in [9.17, 15) is 24.3 Å². The van der Waals surface area contributed by atoms with Crippen molar-refractivity contribution in [2.75, 3.05) is 13.2 Å². The molecule has 2 aliphatic rings. The van der Waals surface area contributed by atoms with Gasteiger partial charge in [-0.25, -0.2) is 9.59 Å². The first-order valence-corrected chi connectivity index (χ1v) is 18.7. The van der Waals surface area contributed by atoms with Crippen molar-refractivity contribution in [3.63, 3.8) is 0 Å². The Balaban J connectivity index is 1.16. The van der Waals surface area contributed by atoms with Gasteiger partial charge >= 0.3 is 12.1 Å². The number of hydrogen-bond donors (Lipinski definition) is 3. The molecule has 286 valence electrons. The van der Waals surface area contributed by atoms with Crippen LogP contribution in [0, 0.1) is 5.92 Å². The number of ether oxygens (including phenoxy) is 3. The fourth-order valence-electron chi connectivity index (χ4n) is 6.77. The number of cyclic esters (lactones) is 1. The first kappa shape index (κ1) is 38.8. The van der Waals surface area contributed by atoms with E-state index >= 15 is 0 Å². The van der Waals surface area contributed by atoms with Crippen molar-refractivity contribution >= 4 is 23.9 Å². The van der Waals surface area contributed by atoms with E-state index in [0.29, 0.717) is 31.7 Å². The van der Waals surface area contributed by atoms with Crippen LogP contribution in [0.25, 0.3) is 0 Å². The van der Waals surface area contributed by atoms with Gasteiger partial charge in [0.25, 0.3) is 0 Å². The van der Waals surface area contributed by atoms with Crippen molar-refractivity contribution in [2.24, 2.45) is 5.92 Å². The van der Waals surface area contributed by atoms with E-state index in [-0.39, 0.29) is 50.9 Å². The number of rotatable bonds is 11. The molecule has 55 heavy (non-hydrogen) atoms. The maximum atomic E-state index is 14.0. The van der Waals surface area contributed by atoms with Gasteiger partial charge in [0, 0.05) is 13.0 Å². The van der Waals surface area contributed by atoms with Crippen LogP contribution >= 0.6 is 0 Å². The number of carbonyl (C=O) groups is 4. The van der Waals surface area contributed by atoms with Crippen molar-refractivity contribution < 1.29 is 38.5 Å². The largest absolute Gasteiger partial charge is 0.489 e. The topological polar surface area (TPSA) is 144 Å². The van der Waals surface area contributed by atoms with Crippen LogP contribution in [0.15, 0.2) is 121 Å². The Morgan fingerprint density at radius 2 is 1.45 bits per heavy atom. The quantitative estimate of drug-likeness (QED) is 0.136. The lowest BCUT2D eigenvalue weighted by Crippen LogP contribution is -2.49. The van der Waals surface area contributed by atoms with Crippen LogP contribution in [-0.2, 0) is 56.5 Å². The van der Waals surface area contributed by atoms with Crippen LogP contribution in [0.5, 0.6) is 5.75 Å². The Morgan fingerprint density at radius 1 is 0.800 bits per heavy atom. The second kappa shape index (κ2) is 19.4. The van der Waals surface area contributed by atoms with Crippen LogP contribution in [0.1, 0.15) is 47.1 Å². The lowest BCUT2D eigenvalue weighted by Gasteiger charge is -2.36. The SMILES string of the molecule is O=C(NC1CC=CCC(CC(=O)N2Cc3ccccc3CC2CO)C(=O)NC(Cc2ccc(OCc3ccccc3)cc2)COC1=O)OCc1ccccc1. The molecule has 0 fully saturated rings. The molecule has 2 heterocycles. The Hall–Kier alpha value is -5.94. The fraction of sp³-hybridized carbons (Fsp3) is 0.318. The van der Waals surface area contributed by atoms with E-state index in [0.717, 1.165) is 27.8 Å². The Kier molecular flexibility index (Phi) is 13.7. The summed E-state index contributed by atoms with van der Waals surface area (Å²) in [6, 6.07) is 32.3. The summed E-state index contributed by atoms with van der Waals surface area (Å²) in [6.07, 6.45) is 3.75. The number of nitrogens with zero attached hydrogens (tertiary/aromatic N) is 1. The Labute approximate surface area is 321 Å². The highest BCUT2D eigenvalue weighted by Crippen LogP contribution is 2.26. The number of alkyl carbamates (subject to hydrolysis) is 1. The van der Waals surface area contributed by atoms with Crippen molar-refractivity contribution in [3.05, 3.63) is 149 Å². The molecule has 0 spiro atoms. The molecule has 6 rings (SSSR count). The number of carbonyl (C=O) groups excluding carboxylic acids is 4. The number of benzene rings is 4. The van der Waals surface area contributed by atoms with Crippen molar-refractivity contribution in [2.45, 2.75) is 70.0 Å². The monoisotopic (exact) mass is 745 g/mol. The molecule has 0 bridgehead atoms. The van der Waals surface area contributed by atoms with Crippen LogP contribution in [0.4, 0.5) is 4.79 Å². The predicted octanol–water partition coefficient (Wildman–Crippen LogP) is 5.43. The van der Waals surface area contributed by atoms with Crippen molar-refractivity contribution in [3.8, 4) is 5.75 Å². The lowest BCUT2D eigenvalue weighted by molar-refractivity contribution is -0.147. The summed E-state index contributed by atoms with van der Waals surface area (Å²) in [4.78, 5) is 55.6. The summed E-state index contributed by atoms with van der Waals surface area (Å²) in [5.74, 6) is -1.31.